The van der Waals surface area contributed by atoms with Gasteiger partial charge < -0.3 is 14.9 Å². The zero-order chi connectivity index (χ0) is 16.4. The average molecular weight is 312 g/mol. The minimum Gasteiger partial charge on any atom is -0.393 e. The highest BCUT2D eigenvalue weighted by Crippen LogP contribution is 2.56. The van der Waals surface area contributed by atoms with Gasteiger partial charge in [-0.05, 0) is 69.1 Å². The van der Waals surface area contributed by atoms with Crippen LogP contribution < -0.4 is 0 Å². The monoisotopic (exact) mass is 312 g/mol. The number of rotatable bonds is 7. The molecule has 3 nitrogen and oxygen atoms in total. The highest BCUT2D eigenvalue weighted by atomic mass is 16.5. The van der Waals surface area contributed by atoms with Gasteiger partial charge >= 0.3 is 0 Å². The van der Waals surface area contributed by atoms with Crippen molar-refractivity contribution in [2.75, 3.05) is 6.61 Å². The third-order valence-electron chi connectivity index (χ3n) is 6.99. The minimum atomic E-state index is -0.567. The average Bonchev–Trinajstić information content (AvgIpc) is 2.85. The van der Waals surface area contributed by atoms with Crippen molar-refractivity contribution in [3.63, 3.8) is 0 Å². The predicted molar refractivity (Wildman–Crippen MR) is 89.7 cm³/mol. The van der Waals surface area contributed by atoms with Crippen molar-refractivity contribution in [2.45, 2.75) is 96.9 Å². The van der Waals surface area contributed by atoms with E-state index in [0.717, 1.165) is 38.5 Å². The standard InChI is InChI=1S/C19H36O3/c1-5-19(21,6-2)12-13-22-14(3)15-9-10-16-17(20)8-7-11-18(15,16)4/h14-17,20-21H,5-13H2,1-4H3/t14-,15?,16?,17?,18?/m1/s1. The summed E-state index contributed by atoms with van der Waals surface area (Å²) in [6.07, 6.45) is 8.06. The molecule has 0 spiro atoms. The van der Waals surface area contributed by atoms with E-state index >= 15 is 0 Å². The Morgan fingerprint density at radius 1 is 1.23 bits per heavy atom. The van der Waals surface area contributed by atoms with Crippen LogP contribution in [-0.4, -0.2) is 34.6 Å². The third-order valence-corrected chi connectivity index (χ3v) is 6.99. The zero-order valence-electron chi connectivity index (χ0n) is 15.0. The van der Waals surface area contributed by atoms with Crippen LogP contribution in [0.1, 0.15) is 79.1 Å². The molecule has 0 aromatic rings. The van der Waals surface area contributed by atoms with Crippen molar-refractivity contribution in [3.8, 4) is 0 Å². The topological polar surface area (TPSA) is 49.7 Å². The second-order valence-electron chi connectivity index (χ2n) is 8.01. The van der Waals surface area contributed by atoms with Gasteiger partial charge in [-0.3, -0.25) is 0 Å². The smallest absolute Gasteiger partial charge is 0.0664 e. The van der Waals surface area contributed by atoms with Crippen LogP contribution in [0.25, 0.3) is 0 Å². The van der Waals surface area contributed by atoms with Gasteiger partial charge in [0.2, 0.25) is 0 Å². The molecule has 2 N–H and O–H groups in total. The highest BCUT2D eigenvalue weighted by Gasteiger charge is 2.52. The molecule has 22 heavy (non-hydrogen) atoms. The SMILES string of the molecule is CCC(O)(CC)CCO[C@H](C)C1CCC2C(O)CCCC21C. The number of ether oxygens (including phenoxy) is 1. The largest absolute Gasteiger partial charge is 0.393 e. The summed E-state index contributed by atoms with van der Waals surface area (Å²) in [5.41, 5.74) is -0.328. The van der Waals surface area contributed by atoms with Gasteiger partial charge in [0.15, 0.2) is 0 Å². The van der Waals surface area contributed by atoms with E-state index in [2.05, 4.69) is 13.8 Å². The molecule has 2 aliphatic rings. The molecule has 0 bridgehead atoms. The molecular formula is C19H36O3. The summed E-state index contributed by atoms with van der Waals surface area (Å²) in [5.74, 6) is 1.00. The van der Waals surface area contributed by atoms with Crippen LogP contribution in [0, 0.1) is 17.3 Å². The molecule has 2 fully saturated rings. The van der Waals surface area contributed by atoms with Gasteiger partial charge in [-0.15, -0.1) is 0 Å². The number of fused-ring (bicyclic) bond motifs is 1. The molecular weight excluding hydrogens is 276 g/mol. The van der Waals surface area contributed by atoms with Gasteiger partial charge in [0.1, 0.15) is 0 Å². The van der Waals surface area contributed by atoms with Crippen molar-refractivity contribution in [1.29, 1.82) is 0 Å². The molecule has 0 saturated heterocycles. The second kappa shape index (κ2) is 7.19. The van der Waals surface area contributed by atoms with Gasteiger partial charge in [0.05, 0.1) is 17.8 Å². The molecule has 3 heteroatoms. The lowest BCUT2D eigenvalue weighted by Crippen LogP contribution is -2.43. The lowest BCUT2D eigenvalue weighted by molar-refractivity contribution is -0.0770. The fourth-order valence-electron chi connectivity index (χ4n) is 5.11. The fraction of sp³-hybridized carbons (Fsp3) is 1.00. The maximum Gasteiger partial charge on any atom is 0.0664 e. The lowest BCUT2D eigenvalue weighted by atomic mass is 9.63. The number of hydrogen-bond acceptors (Lipinski definition) is 3. The summed E-state index contributed by atoms with van der Waals surface area (Å²) in [7, 11) is 0. The first-order valence-corrected chi connectivity index (χ1v) is 9.38. The van der Waals surface area contributed by atoms with Crippen molar-refractivity contribution in [1.82, 2.24) is 0 Å². The number of hydrogen-bond donors (Lipinski definition) is 2. The Balaban J connectivity index is 1.89. The van der Waals surface area contributed by atoms with Crippen LogP contribution in [0.4, 0.5) is 0 Å². The van der Waals surface area contributed by atoms with Gasteiger partial charge in [-0.25, -0.2) is 0 Å². The predicted octanol–water partition coefficient (Wildman–Crippen LogP) is 3.91. The van der Waals surface area contributed by atoms with E-state index in [1.165, 1.54) is 12.8 Å². The fourth-order valence-corrected chi connectivity index (χ4v) is 5.11. The van der Waals surface area contributed by atoms with Crippen molar-refractivity contribution >= 4 is 0 Å². The quantitative estimate of drug-likeness (QED) is 0.749. The molecule has 2 saturated carbocycles. The van der Waals surface area contributed by atoms with E-state index in [0.29, 0.717) is 18.4 Å². The Labute approximate surface area is 136 Å². The summed E-state index contributed by atoms with van der Waals surface area (Å²) in [6.45, 7) is 9.28. The number of aliphatic hydroxyl groups is 2. The molecule has 2 aliphatic carbocycles. The molecule has 130 valence electrons. The van der Waals surface area contributed by atoms with Gasteiger partial charge in [-0.1, -0.05) is 27.2 Å². The Kier molecular flexibility index (Phi) is 5.95. The number of aliphatic hydroxyl groups excluding tert-OH is 1. The Hall–Kier alpha value is -0.120. The molecule has 0 heterocycles. The van der Waals surface area contributed by atoms with Crippen LogP contribution in [0.5, 0.6) is 0 Å². The van der Waals surface area contributed by atoms with Crippen LogP contribution in [0.2, 0.25) is 0 Å². The van der Waals surface area contributed by atoms with Crippen molar-refractivity contribution in [2.24, 2.45) is 17.3 Å². The van der Waals surface area contributed by atoms with Crippen LogP contribution >= 0.6 is 0 Å². The van der Waals surface area contributed by atoms with Crippen LogP contribution in [-0.2, 0) is 4.74 Å². The first-order valence-electron chi connectivity index (χ1n) is 9.38. The first-order chi connectivity index (χ1) is 10.4. The molecule has 0 aromatic carbocycles. The molecule has 5 atom stereocenters. The summed E-state index contributed by atoms with van der Waals surface area (Å²) in [6, 6.07) is 0. The molecule has 0 amide bonds. The van der Waals surface area contributed by atoms with E-state index in [9.17, 15) is 10.2 Å². The maximum absolute atomic E-state index is 10.4. The second-order valence-corrected chi connectivity index (χ2v) is 8.01. The summed E-state index contributed by atoms with van der Waals surface area (Å²) >= 11 is 0. The van der Waals surface area contributed by atoms with E-state index < -0.39 is 5.60 Å². The zero-order valence-corrected chi connectivity index (χ0v) is 15.0. The van der Waals surface area contributed by atoms with Crippen molar-refractivity contribution < 1.29 is 14.9 Å². The summed E-state index contributed by atoms with van der Waals surface area (Å²) < 4.78 is 6.13. The summed E-state index contributed by atoms with van der Waals surface area (Å²) in [4.78, 5) is 0. The molecule has 0 radical (unpaired) electrons. The van der Waals surface area contributed by atoms with Gasteiger partial charge in [-0.2, -0.15) is 0 Å². The van der Waals surface area contributed by atoms with E-state index in [-0.39, 0.29) is 17.6 Å². The molecule has 0 aliphatic heterocycles. The van der Waals surface area contributed by atoms with E-state index in [1.54, 1.807) is 0 Å². The van der Waals surface area contributed by atoms with Crippen LogP contribution in [0.15, 0.2) is 0 Å². The Bertz CT molecular complexity index is 353. The highest BCUT2D eigenvalue weighted by molar-refractivity contribution is 5.02. The normalized spacial score (nSPS) is 37.1. The van der Waals surface area contributed by atoms with Gasteiger partial charge in [0, 0.05) is 6.61 Å². The minimum absolute atomic E-state index is 0.110. The first kappa shape index (κ1) is 18.2. The Morgan fingerprint density at radius 2 is 1.91 bits per heavy atom. The Morgan fingerprint density at radius 3 is 2.55 bits per heavy atom. The van der Waals surface area contributed by atoms with E-state index in [1.807, 2.05) is 13.8 Å². The lowest BCUT2D eigenvalue weighted by Gasteiger charge is -2.45. The van der Waals surface area contributed by atoms with E-state index in [4.69, 9.17) is 4.74 Å². The van der Waals surface area contributed by atoms with Crippen molar-refractivity contribution in [3.05, 3.63) is 0 Å². The molecule has 4 unspecified atom stereocenters. The molecule has 0 aromatic heterocycles. The third kappa shape index (κ3) is 3.52. The van der Waals surface area contributed by atoms with Crippen LogP contribution in [0.3, 0.4) is 0 Å². The summed E-state index contributed by atoms with van der Waals surface area (Å²) in [5, 5.41) is 20.7. The molecule has 2 rings (SSSR count). The van der Waals surface area contributed by atoms with Gasteiger partial charge in [0.25, 0.3) is 0 Å². The maximum atomic E-state index is 10.4.